The lowest BCUT2D eigenvalue weighted by Crippen LogP contribution is -2.17. The van der Waals surface area contributed by atoms with E-state index < -0.39 is 0 Å². The van der Waals surface area contributed by atoms with Crippen molar-refractivity contribution in [2.24, 2.45) is 0 Å². The lowest BCUT2D eigenvalue weighted by molar-refractivity contribution is 0.575. The lowest BCUT2D eigenvalue weighted by Gasteiger charge is -2.12. The first-order valence-electron chi connectivity index (χ1n) is 6.47. The van der Waals surface area contributed by atoms with Gasteiger partial charge in [-0.15, -0.1) is 0 Å². The Morgan fingerprint density at radius 1 is 1.11 bits per heavy atom. The van der Waals surface area contributed by atoms with Crippen LogP contribution in [0.2, 0.25) is 0 Å². The van der Waals surface area contributed by atoms with E-state index in [-0.39, 0.29) is 0 Å². The first kappa shape index (κ1) is 12.8. The van der Waals surface area contributed by atoms with Gasteiger partial charge in [-0.05, 0) is 24.0 Å². The molecule has 1 heterocycles. The van der Waals surface area contributed by atoms with Crippen LogP contribution in [0.1, 0.15) is 49.4 Å². The summed E-state index contributed by atoms with van der Waals surface area (Å²) in [5.41, 5.74) is 3.89. The summed E-state index contributed by atoms with van der Waals surface area (Å²) in [6.07, 6.45) is 3.79. The molecule has 0 bridgehead atoms. The fraction of sp³-hybridized carbons (Fsp3) is 0.400. The van der Waals surface area contributed by atoms with Crippen molar-refractivity contribution >= 4 is 0 Å². The molecule has 18 heavy (non-hydrogen) atoms. The first-order chi connectivity index (χ1) is 8.66. The maximum atomic E-state index is 3.96. The summed E-state index contributed by atoms with van der Waals surface area (Å²) in [5.74, 6) is 0.594. The Hall–Kier alpha value is -1.61. The van der Waals surface area contributed by atoms with E-state index in [0.29, 0.717) is 12.0 Å². The largest absolute Gasteiger partial charge is 0.306 e. The summed E-state index contributed by atoms with van der Waals surface area (Å²) in [6, 6.07) is 9.14. The van der Waals surface area contributed by atoms with Gasteiger partial charge in [0.15, 0.2) is 0 Å². The van der Waals surface area contributed by atoms with E-state index >= 15 is 0 Å². The Kier molecular flexibility index (Phi) is 4.15. The molecule has 0 aliphatic rings. The van der Waals surface area contributed by atoms with Crippen molar-refractivity contribution in [1.82, 2.24) is 15.5 Å². The zero-order chi connectivity index (χ0) is 13.0. The molecule has 96 valence electrons. The van der Waals surface area contributed by atoms with Crippen molar-refractivity contribution in [3.05, 3.63) is 53.3 Å². The van der Waals surface area contributed by atoms with Gasteiger partial charge in [0.25, 0.3) is 0 Å². The van der Waals surface area contributed by atoms with E-state index in [2.05, 4.69) is 60.6 Å². The van der Waals surface area contributed by atoms with E-state index in [1.807, 2.05) is 12.4 Å². The molecule has 0 aliphatic heterocycles. The van der Waals surface area contributed by atoms with Crippen LogP contribution < -0.4 is 5.32 Å². The lowest BCUT2D eigenvalue weighted by atomic mass is 10.0. The third-order valence-electron chi connectivity index (χ3n) is 3.28. The second kappa shape index (κ2) is 5.83. The summed E-state index contributed by atoms with van der Waals surface area (Å²) in [6.45, 7) is 7.46. The highest BCUT2D eigenvalue weighted by molar-refractivity contribution is 5.24. The van der Waals surface area contributed by atoms with Crippen molar-refractivity contribution in [3.8, 4) is 0 Å². The third-order valence-corrected chi connectivity index (χ3v) is 3.28. The summed E-state index contributed by atoms with van der Waals surface area (Å²) in [4.78, 5) is 0. The minimum absolute atomic E-state index is 0.313. The monoisotopic (exact) mass is 243 g/mol. The van der Waals surface area contributed by atoms with Crippen LogP contribution in [0.4, 0.5) is 0 Å². The average molecular weight is 243 g/mol. The van der Waals surface area contributed by atoms with E-state index in [1.165, 1.54) is 16.7 Å². The molecule has 1 unspecified atom stereocenters. The number of hydrogen-bond acceptors (Lipinski definition) is 2. The summed E-state index contributed by atoms with van der Waals surface area (Å²) in [5, 5.41) is 10.3. The highest BCUT2D eigenvalue weighted by Crippen LogP contribution is 2.15. The summed E-state index contributed by atoms with van der Waals surface area (Å²) in [7, 11) is 0. The quantitative estimate of drug-likeness (QED) is 0.845. The van der Waals surface area contributed by atoms with Crippen LogP contribution in [-0.4, -0.2) is 10.2 Å². The maximum Gasteiger partial charge on any atom is 0.0534 e. The zero-order valence-corrected chi connectivity index (χ0v) is 11.3. The number of rotatable bonds is 5. The van der Waals surface area contributed by atoms with Crippen molar-refractivity contribution in [1.29, 1.82) is 0 Å². The van der Waals surface area contributed by atoms with Gasteiger partial charge in [-0.3, -0.25) is 5.10 Å². The van der Waals surface area contributed by atoms with E-state index in [0.717, 1.165) is 6.54 Å². The smallest absolute Gasteiger partial charge is 0.0534 e. The molecule has 0 radical (unpaired) electrons. The highest BCUT2D eigenvalue weighted by atomic mass is 15.1. The van der Waals surface area contributed by atoms with Crippen molar-refractivity contribution < 1.29 is 0 Å². The van der Waals surface area contributed by atoms with Gasteiger partial charge in [-0.2, -0.15) is 5.10 Å². The molecule has 1 atom stereocenters. The van der Waals surface area contributed by atoms with Crippen LogP contribution in [0.5, 0.6) is 0 Å². The van der Waals surface area contributed by atoms with Gasteiger partial charge in [0.05, 0.1) is 6.20 Å². The van der Waals surface area contributed by atoms with E-state index in [9.17, 15) is 0 Å². The molecule has 3 heteroatoms. The van der Waals surface area contributed by atoms with Gasteiger partial charge in [0, 0.05) is 24.3 Å². The second-order valence-electron chi connectivity index (χ2n) is 5.03. The fourth-order valence-corrected chi connectivity index (χ4v) is 1.91. The maximum absolute atomic E-state index is 3.96. The Labute approximate surface area is 109 Å². The second-order valence-corrected chi connectivity index (χ2v) is 5.03. The van der Waals surface area contributed by atoms with Crippen LogP contribution in [0.25, 0.3) is 0 Å². The predicted octanol–water partition coefficient (Wildman–Crippen LogP) is 3.38. The molecule has 1 aromatic carbocycles. The van der Waals surface area contributed by atoms with Gasteiger partial charge < -0.3 is 5.32 Å². The van der Waals surface area contributed by atoms with Crippen LogP contribution in [0.15, 0.2) is 36.7 Å². The predicted molar refractivity (Wildman–Crippen MR) is 74.4 cm³/mol. The van der Waals surface area contributed by atoms with E-state index in [1.54, 1.807) is 0 Å². The summed E-state index contributed by atoms with van der Waals surface area (Å²) >= 11 is 0. The zero-order valence-electron chi connectivity index (χ0n) is 11.3. The van der Waals surface area contributed by atoms with E-state index in [4.69, 9.17) is 0 Å². The van der Waals surface area contributed by atoms with Crippen LogP contribution in [-0.2, 0) is 6.54 Å². The minimum atomic E-state index is 0.313. The molecule has 0 saturated heterocycles. The molecular weight excluding hydrogens is 222 g/mol. The molecule has 3 nitrogen and oxygen atoms in total. The average Bonchev–Trinajstić information content (AvgIpc) is 2.90. The molecule has 0 aliphatic carbocycles. The number of nitrogens with zero attached hydrogens (tertiary/aromatic N) is 1. The number of nitrogens with one attached hydrogen (secondary N) is 2. The molecule has 0 spiro atoms. The molecule has 0 saturated carbocycles. The first-order valence-corrected chi connectivity index (χ1v) is 6.47. The molecular formula is C15H21N3. The Morgan fingerprint density at radius 3 is 2.39 bits per heavy atom. The SMILES string of the molecule is CC(C)c1ccc(CNC(C)c2cn[nH]c2)cc1. The Bertz CT molecular complexity index is 457. The van der Waals surface area contributed by atoms with Crippen molar-refractivity contribution in [2.45, 2.75) is 39.3 Å². The highest BCUT2D eigenvalue weighted by Gasteiger charge is 2.05. The van der Waals surface area contributed by atoms with Gasteiger partial charge >= 0.3 is 0 Å². The Morgan fingerprint density at radius 2 is 1.83 bits per heavy atom. The number of aromatic amines is 1. The number of hydrogen-bond donors (Lipinski definition) is 2. The topological polar surface area (TPSA) is 40.7 Å². The molecule has 2 N–H and O–H groups in total. The standard InChI is InChI=1S/C15H21N3/c1-11(2)14-6-4-13(5-7-14)8-16-12(3)15-9-17-18-10-15/h4-7,9-12,16H,8H2,1-3H3,(H,17,18). The van der Waals surface area contributed by atoms with Gasteiger partial charge in [0.1, 0.15) is 0 Å². The van der Waals surface area contributed by atoms with Crippen molar-refractivity contribution in [3.63, 3.8) is 0 Å². The van der Waals surface area contributed by atoms with Gasteiger partial charge in [0.2, 0.25) is 0 Å². The molecule has 0 amide bonds. The Balaban J connectivity index is 1.90. The minimum Gasteiger partial charge on any atom is -0.306 e. The molecule has 1 aromatic heterocycles. The molecule has 2 aromatic rings. The number of aromatic nitrogens is 2. The number of H-pyrrole nitrogens is 1. The summed E-state index contributed by atoms with van der Waals surface area (Å²) < 4.78 is 0. The van der Waals surface area contributed by atoms with Gasteiger partial charge in [-0.1, -0.05) is 38.1 Å². The van der Waals surface area contributed by atoms with Gasteiger partial charge in [-0.25, -0.2) is 0 Å². The normalized spacial score (nSPS) is 12.9. The van der Waals surface area contributed by atoms with Crippen LogP contribution >= 0.6 is 0 Å². The van der Waals surface area contributed by atoms with Crippen LogP contribution in [0.3, 0.4) is 0 Å². The number of benzene rings is 1. The van der Waals surface area contributed by atoms with Crippen LogP contribution in [0, 0.1) is 0 Å². The molecule has 2 rings (SSSR count). The third kappa shape index (κ3) is 3.20. The molecule has 0 fully saturated rings. The van der Waals surface area contributed by atoms with Crippen molar-refractivity contribution in [2.75, 3.05) is 0 Å². The fourth-order valence-electron chi connectivity index (χ4n) is 1.91.